The van der Waals surface area contributed by atoms with Gasteiger partial charge in [0.15, 0.2) is 0 Å². The van der Waals surface area contributed by atoms with Crippen LogP contribution in [-0.4, -0.2) is 32.9 Å². The number of ether oxygens (including phenoxy) is 1. The Morgan fingerprint density at radius 3 is 1.39 bits per heavy atom. The van der Waals surface area contributed by atoms with Crippen molar-refractivity contribution in [2.24, 2.45) is 10.7 Å². The van der Waals surface area contributed by atoms with E-state index in [2.05, 4.69) is 18.8 Å². The molecular weight excluding hydrogens is 458 g/mol. The molecule has 0 saturated heterocycles. The molecule has 0 fully saturated rings. The summed E-state index contributed by atoms with van der Waals surface area (Å²) >= 11 is 0. The fourth-order valence-corrected chi connectivity index (χ4v) is 4.18. The predicted octanol–water partition coefficient (Wildman–Crippen LogP) is 4.41. The average molecular weight is 510 g/mol. The van der Waals surface area contributed by atoms with E-state index in [1.54, 1.807) is 0 Å². The Balaban J connectivity index is 2.80. The fourth-order valence-electron chi connectivity index (χ4n) is 4.18. The Morgan fingerprint density at radius 1 is 0.611 bits per heavy atom. The van der Waals surface area contributed by atoms with Gasteiger partial charge in [0.1, 0.15) is 0 Å². The molecule has 1 heterocycles. The Hall–Kier alpha value is -2.32. The number of rotatable bonds is 21. The van der Waals surface area contributed by atoms with Gasteiger partial charge < -0.3 is 10.5 Å². The van der Waals surface area contributed by atoms with Crippen LogP contribution in [0.25, 0.3) is 0 Å². The highest BCUT2D eigenvalue weighted by Crippen LogP contribution is 2.05. The number of unbranched alkanes of at least 4 members (excludes halogenated alkanes) is 11. The van der Waals surface area contributed by atoms with E-state index in [0.29, 0.717) is 39.2 Å². The van der Waals surface area contributed by atoms with Gasteiger partial charge in [-0.15, -0.1) is 0 Å². The second kappa shape index (κ2) is 19.8. The molecule has 9 heteroatoms. The van der Waals surface area contributed by atoms with Gasteiger partial charge in [0.25, 0.3) is 6.02 Å². The van der Waals surface area contributed by atoms with Crippen LogP contribution in [0.5, 0.6) is 0 Å². The van der Waals surface area contributed by atoms with Crippen LogP contribution in [0.15, 0.2) is 19.4 Å². The molecule has 1 aromatic rings. The Bertz CT molecular complexity index is 864. The molecule has 0 radical (unpaired) electrons. The summed E-state index contributed by atoms with van der Waals surface area (Å²) in [6, 6.07) is 0.232. The van der Waals surface area contributed by atoms with Crippen molar-refractivity contribution in [3.63, 3.8) is 0 Å². The van der Waals surface area contributed by atoms with E-state index in [1.807, 2.05) is 6.92 Å². The zero-order valence-electron chi connectivity index (χ0n) is 23.1. The third-order valence-electron chi connectivity index (χ3n) is 6.37. The topological polar surface area (TPSA) is 114 Å². The normalized spacial score (nSPS) is 11.8. The molecule has 2 N–H and O–H groups in total. The van der Waals surface area contributed by atoms with Crippen LogP contribution < -0.4 is 22.8 Å². The van der Waals surface area contributed by atoms with E-state index >= 15 is 0 Å². The summed E-state index contributed by atoms with van der Waals surface area (Å²) < 4.78 is 9.10. The molecule has 1 rings (SSSR count). The van der Waals surface area contributed by atoms with Gasteiger partial charge in [0.05, 0.1) is 6.61 Å². The van der Waals surface area contributed by atoms with Crippen LogP contribution in [0.4, 0.5) is 0 Å². The maximum absolute atomic E-state index is 13.1. The van der Waals surface area contributed by atoms with Gasteiger partial charge >= 0.3 is 17.1 Å². The first kappa shape index (κ1) is 31.7. The molecule has 0 saturated carbocycles. The van der Waals surface area contributed by atoms with E-state index in [1.165, 1.54) is 13.7 Å². The highest BCUT2D eigenvalue weighted by Gasteiger charge is 2.15. The maximum atomic E-state index is 13.1. The molecule has 0 unspecified atom stereocenters. The zero-order valence-corrected chi connectivity index (χ0v) is 23.1. The predicted molar refractivity (Wildman–Crippen MR) is 148 cm³/mol. The minimum atomic E-state index is -0.465. The third kappa shape index (κ3) is 12.1. The van der Waals surface area contributed by atoms with Crippen LogP contribution in [0, 0.1) is 0 Å². The smallest absolute Gasteiger partial charge is 0.336 e. The number of hydrogen-bond acceptors (Lipinski definition) is 5. The standard InChI is InChI=1S/C27H51N5O4/c1-4-7-9-12-16-20-30-25(33)31(21-17-13-10-8-5-2)27(35)32(26(30)34)22-18-14-11-15-19-29-24(28)36-23-6-3/h4-23H2,1-3H3,(H2,28,29). The van der Waals surface area contributed by atoms with Gasteiger partial charge in [-0.05, 0) is 32.1 Å². The molecule has 0 amide bonds. The highest BCUT2D eigenvalue weighted by molar-refractivity contribution is 5.71. The third-order valence-corrected chi connectivity index (χ3v) is 6.37. The Labute approximate surface area is 216 Å². The molecule has 208 valence electrons. The summed E-state index contributed by atoms with van der Waals surface area (Å²) in [5, 5.41) is 0. The van der Waals surface area contributed by atoms with Crippen molar-refractivity contribution in [2.45, 2.75) is 137 Å². The van der Waals surface area contributed by atoms with Gasteiger partial charge in [-0.1, -0.05) is 85.0 Å². The molecule has 9 nitrogen and oxygen atoms in total. The number of nitrogens with two attached hydrogens (primary N) is 1. The molecule has 0 atom stereocenters. The molecule has 0 aliphatic carbocycles. The van der Waals surface area contributed by atoms with Gasteiger partial charge in [-0.3, -0.25) is 0 Å². The summed E-state index contributed by atoms with van der Waals surface area (Å²) in [7, 11) is 0. The van der Waals surface area contributed by atoms with Crippen molar-refractivity contribution in [3.8, 4) is 0 Å². The maximum Gasteiger partial charge on any atom is 0.336 e. The van der Waals surface area contributed by atoms with Gasteiger partial charge in [-0.25, -0.2) is 33.1 Å². The number of hydrogen-bond donors (Lipinski definition) is 1. The second-order valence-electron chi connectivity index (χ2n) is 9.61. The van der Waals surface area contributed by atoms with Crippen LogP contribution in [-0.2, 0) is 24.4 Å². The van der Waals surface area contributed by atoms with E-state index in [9.17, 15) is 14.4 Å². The van der Waals surface area contributed by atoms with Crippen molar-refractivity contribution in [3.05, 3.63) is 31.5 Å². The lowest BCUT2D eigenvalue weighted by atomic mass is 10.1. The molecule has 36 heavy (non-hydrogen) atoms. The van der Waals surface area contributed by atoms with Crippen LogP contribution in [0.3, 0.4) is 0 Å². The minimum Gasteiger partial charge on any atom is -0.465 e. The van der Waals surface area contributed by atoms with E-state index in [4.69, 9.17) is 10.5 Å². The molecular formula is C27H51N5O4. The van der Waals surface area contributed by atoms with Gasteiger partial charge in [0, 0.05) is 26.2 Å². The quantitative estimate of drug-likeness (QED) is 0.150. The SMILES string of the molecule is CCCCCCCn1c(=O)n(CCCCCCC)c(=O)n(CCCCCCN=C(N)OCCC)c1=O. The lowest BCUT2D eigenvalue weighted by molar-refractivity contribution is 0.298. The first-order valence-electron chi connectivity index (χ1n) is 14.3. The average Bonchev–Trinajstić information content (AvgIpc) is 2.87. The molecule has 1 aromatic heterocycles. The summed E-state index contributed by atoms with van der Waals surface area (Å²) in [6.45, 7) is 8.57. The van der Waals surface area contributed by atoms with Crippen molar-refractivity contribution in [2.75, 3.05) is 13.2 Å². The van der Waals surface area contributed by atoms with Crippen molar-refractivity contribution < 1.29 is 4.74 Å². The summed E-state index contributed by atoms with van der Waals surface area (Å²) in [6.07, 6.45) is 14.5. The first-order chi connectivity index (χ1) is 17.5. The number of aromatic nitrogens is 3. The first-order valence-corrected chi connectivity index (χ1v) is 14.3. The molecule has 0 bridgehead atoms. The van der Waals surface area contributed by atoms with Crippen LogP contribution >= 0.6 is 0 Å². The molecule has 0 aliphatic rings. The summed E-state index contributed by atoms with van der Waals surface area (Å²) in [5.74, 6) is 0. The second-order valence-corrected chi connectivity index (χ2v) is 9.61. The van der Waals surface area contributed by atoms with Crippen molar-refractivity contribution in [1.29, 1.82) is 0 Å². The van der Waals surface area contributed by atoms with E-state index in [0.717, 1.165) is 89.9 Å². The van der Waals surface area contributed by atoms with Gasteiger partial charge in [0.2, 0.25) is 0 Å². The summed E-state index contributed by atoms with van der Waals surface area (Å²) in [5.41, 5.74) is 4.31. The molecule has 0 spiro atoms. The molecule has 0 aliphatic heterocycles. The minimum absolute atomic E-state index is 0.232. The Kier molecular flexibility index (Phi) is 17.5. The van der Waals surface area contributed by atoms with E-state index in [-0.39, 0.29) is 6.02 Å². The number of amidine groups is 1. The lowest BCUT2D eigenvalue weighted by Crippen LogP contribution is -2.54. The van der Waals surface area contributed by atoms with Crippen molar-refractivity contribution in [1.82, 2.24) is 13.7 Å². The van der Waals surface area contributed by atoms with Crippen LogP contribution in [0.1, 0.15) is 117 Å². The fraction of sp³-hybridized carbons (Fsp3) is 0.852. The monoisotopic (exact) mass is 509 g/mol. The van der Waals surface area contributed by atoms with Gasteiger partial charge in [-0.2, -0.15) is 0 Å². The number of aliphatic imine (C=N–C) groups is 1. The lowest BCUT2D eigenvalue weighted by Gasteiger charge is -2.14. The Morgan fingerprint density at radius 2 is 1.00 bits per heavy atom. The number of nitrogens with zero attached hydrogens (tertiary/aromatic N) is 4. The summed E-state index contributed by atoms with van der Waals surface area (Å²) in [4.78, 5) is 43.4. The van der Waals surface area contributed by atoms with Crippen LogP contribution in [0.2, 0.25) is 0 Å². The largest absolute Gasteiger partial charge is 0.465 e. The van der Waals surface area contributed by atoms with Crippen molar-refractivity contribution >= 4 is 6.02 Å². The van der Waals surface area contributed by atoms with E-state index < -0.39 is 17.1 Å². The molecule has 0 aromatic carbocycles. The highest BCUT2D eigenvalue weighted by atomic mass is 16.5. The zero-order chi connectivity index (χ0) is 26.6.